The van der Waals surface area contributed by atoms with E-state index in [9.17, 15) is 9.59 Å². The summed E-state index contributed by atoms with van der Waals surface area (Å²) in [5.41, 5.74) is 3.99. The fourth-order valence-corrected chi connectivity index (χ4v) is 5.00. The largest absolute Gasteiger partial charge is 0.432 e. The maximum atomic E-state index is 12.7. The molecule has 1 aliphatic carbocycles. The Bertz CT molecular complexity index is 1400. The number of alkyl carbamates (subject to hydrolysis) is 1. The molecule has 1 fully saturated rings. The summed E-state index contributed by atoms with van der Waals surface area (Å²) in [6, 6.07) is 24.1. The number of carbonyl (C=O) groups is 2. The van der Waals surface area contributed by atoms with Gasteiger partial charge < -0.3 is 20.7 Å². The van der Waals surface area contributed by atoms with Crippen LogP contribution in [0.1, 0.15) is 51.5 Å². The van der Waals surface area contributed by atoms with Crippen LogP contribution >= 0.6 is 11.8 Å². The molecule has 9 heteroatoms. The van der Waals surface area contributed by atoms with Gasteiger partial charge in [0.15, 0.2) is 10.6 Å². The number of aliphatic imine (C=N–C) groups is 1. The highest BCUT2D eigenvalue weighted by molar-refractivity contribution is 8.14. The van der Waals surface area contributed by atoms with Gasteiger partial charge in [-0.25, -0.2) is 9.79 Å². The van der Waals surface area contributed by atoms with Crippen LogP contribution in [0.5, 0.6) is 0 Å². The fraction of sp³-hybridized carbons (Fsp3) is 0.241. The number of nitriles is 1. The van der Waals surface area contributed by atoms with Gasteiger partial charge in [-0.2, -0.15) is 5.26 Å². The number of nitrogens with one attached hydrogen (secondary N) is 3. The average Bonchev–Trinajstić information content (AvgIpc) is 3.67. The Morgan fingerprint density at radius 1 is 1.08 bits per heavy atom. The second-order valence-electron chi connectivity index (χ2n) is 9.25. The highest BCUT2D eigenvalue weighted by Gasteiger charge is 2.35. The van der Waals surface area contributed by atoms with Crippen molar-refractivity contribution in [2.24, 2.45) is 4.99 Å². The second-order valence-corrected chi connectivity index (χ2v) is 10.3. The lowest BCUT2D eigenvalue weighted by atomic mass is 10.1. The van der Waals surface area contributed by atoms with Gasteiger partial charge in [-0.05, 0) is 72.5 Å². The molecule has 192 valence electrons. The first kappa shape index (κ1) is 25.4. The molecule has 3 aromatic rings. The van der Waals surface area contributed by atoms with Crippen molar-refractivity contribution < 1.29 is 14.3 Å². The number of aryl methyl sites for hydroxylation is 1. The first-order valence-electron chi connectivity index (χ1n) is 12.4. The predicted octanol–water partition coefficient (Wildman–Crippen LogP) is 5.27. The number of hydrogen-bond donors (Lipinski definition) is 3. The summed E-state index contributed by atoms with van der Waals surface area (Å²) in [6.07, 6.45) is 1.50. The molecule has 1 aliphatic heterocycles. The highest BCUT2D eigenvalue weighted by atomic mass is 32.2. The lowest BCUT2D eigenvalue weighted by molar-refractivity contribution is 0.0951. The van der Waals surface area contributed by atoms with Crippen molar-refractivity contribution in [1.29, 1.82) is 5.26 Å². The zero-order chi connectivity index (χ0) is 26.5. The molecule has 0 bridgehead atoms. The van der Waals surface area contributed by atoms with Crippen LogP contribution in [-0.2, 0) is 11.3 Å². The van der Waals surface area contributed by atoms with Crippen LogP contribution in [0.25, 0.3) is 0 Å². The van der Waals surface area contributed by atoms with Crippen LogP contribution in [0.4, 0.5) is 10.5 Å². The molecule has 3 aromatic carbocycles. The van der Waals surface area contributed by atoms with Gasteiger partial charge in [-0.15, -0.1) is 0 Å². The number of hydrogen-bond acceptors (Lipinski definition) is 7. The van der Waals surface area contributed by atoms with Gasteiger partial charge in [0, 0.05) is 23.8 Å². The van der Waals surface area contributed by atoms with Gasteiger partial charge in [0.05, 0.1) is 11.6 Å². The van der Waals surface area contributed by atoms with E-state index >= 15 is 0 Å². The Morgan fingerprint density at radius 2 is 1.84 bits per heavy atom. The summed E-state index contributed by atoms with van der Waals surface area (Å²) in [5.74, 6) is -0.0941. The van der Waals surface area contributed by atoms with Crippen molar-refractivity contribution in [2.75, 3.05) is 5.32 Å². The Kier molecular flexibility index (Phi) is 7.61. The monoisotopic (exact) mass is 525 g/mol. The number of benzene rings is 3. The molecule has 2 atom stereocenters. The lowest BCUT2D eigenvalue weighted by Gasteiger charge is -2.18. The van der Waals surface area contributed by atoms with E-state index in [2.05, 4.69) is 22.0 Å². The van der Waals surface area contributed by atoms with Crippen LogP contribution < -0.4 is 16.0 Å². The molecule has 1 saturated carbocycles. The molecule has 1 heterocycles. The third-order valence-electron chi connectivity index (χ3n) is 6.28. The Morgan fingerprint density at radius 3 is 2.55 bits per heavy atom. The van der Waals surface area contributed by atoms with Crippen molar-refractivity contribution in [3.05, 3.63) is 101 Å². The van der Waals surface area contributed by atoms with Gasteiger partial charge in [0.25, 0.3) is 5.91 Å². The molecule has 0 aromatic heterocycles. The van der Waals surface area contributed by atoms with Gasteiger partial charge in [0.2, 0.25) is 0 Å². The van der Waals surface area contributed by atoms with Crippen molar-refractivity contribution >= 4 is 34.6 Å². The molecule has 2 amide bonds. The topological polar surface area (TPSA) is 116 Å². The second kappa shape index (κ2) is 11.4. The fourth-order valence-electron chi connectivity index (χ4n) is 3.96. The molecule has 0 radical (unpaired) electrons. The van der Waals surface area contributed by atoms with Crippen LogP contribution in [0.15, 0.2) is 77.8 Å². The van der Waals surface area contributed by atoms with Gasteiger partial charge >= 0.3 is 6.09 Å². The summed E-state index contributed by atoms with van der Waals surface area (Å²) >= 11 is 1.30. The van der Waals surface area contributed by atoms with Gasteiger partial charge in [-0.1, -0.05) is 48.5 Å². The number of anilines is 1. The van der Waals surface area contributed by atoms with Crippen LogP contribution in [-0.4, -0.2) is 28.6 Å². The number of amidine groups is 1. The van der Waals surface area contributed by atoms with Crippen LogP contribution in [0, 0.1) is 18.3 Å². The van der Waals surface area contributed by atoms with E-state index < -0.39 is 17.6 Å². The summed E-state index contributed by atoms with van der Waals surface area (Å²) in [6.45, 7) is 2.30. The van der Waals surface area contributed by atoms with E-state index in [0.29, 0.717) is 22.8 Å². The van der Waals surface area contributed by atoms with Crippen LogP contribution in [0.3, 0.4) is 0 Å². The third-order valence-corrected chi connectivity index (χ3v) is 7.30. The van der Waals surface area contributed by atoms with E-state index in [4.69, 9.17) is 15.0 Å². The number of nitrogens with zero attached hydrogens (tertiary/aromatic N) is 2. The molecule has 5 rings (SSSR count). The Balaban J connectivity index is 1.32. The lowest BCUT2D eigenvalue weighted by Crippen LogP contribution is -2.29. The summed E-state index contributed by atoms with van der Waals surface area (Å²) < 4.78 is 5.80. The zero-order valence-corrected chi connectivity index (χ0v) is 21.6. The van der Waals surface area contributed by atoms with Crippen LogP contribution in [0.2, 0.25) is 0 Å². The first-order chi connectivity index (χ1) is 18.5. The van der Waals surface area contributed by atoms with E-state index in [0.717, 1.165) is 35.2 Å². The molecule has 8 nitrogen and oxygen atoms in total. The average molecular weight is 526 g/mol. The quantitative estimate of drug-likeness (QED) is 0.387. The zero-order valence-electron chi connectivity index (χ0n) is 20.8. The first-order valence-corrected chi connectivity index (χ1v) is 13.3. The predicted molar refractivity (Wildman–Crippen MR) is 148 cm³/mol. The standard InChI is InChI=1S/C29H27N5O3S/c1-18-7-10-22(26(35)32-23-13-14-23)15-24(18)33-28-34-25(21-11-8-19(16-30)9-12-21)27(38-28)37-29(36)31-17-20-5-3-2-4-6-20/h2-12,15,23,25,27H,13-14,17H2,1H3,(H,31,36)(H,32,35)(H,33,34). The summed E-state index contributed by atoms with van der Waals surface area (Å²) in [5, 5.41) is 18.9. The van der Waals surface area contributed by atoms with Crippen molar-refractivity contribution in [3.8, 4) is 6.07 Å². The van der Waals surface area contributed by atoms with Crippen molar-refractivity contribution in [3.63, 3.8) is 0 Å². The minimum atomic E-state index is -0.622. The molecule has 3 N–H and O–H groups in total. The van der Waals surface area contributed by atoms with Crippen molar-refractivity contribution in [2.45, 2.75) is 43.8 Å². The minimum Gasteiger partial charge on any atom is -0.432 e. The third kappa shape index (κ3) is 6.33. The number of thioether (sulfide) groups is 1. The smallest absolute Gasteiger partial charge is 0.408 e. The highest BCUT2D eigenvalue weighted by Crippen LogP contribution is 2.39. The number of ether oxygens (including phenoxy) is 1. The maximum absolute atomic E-state index is 12.7. The molecule has 0 saturated heterocycles. The Hall–Kier alpha value is -4.29. The number of rotatable bonds is 7. The van der Waals surface area contributed by atoms with Crippen molar-refractivity contribution in [1.82, 2.24) is 10.6 Å². The molecule has 2 unspecified atom stereocenters. The number of amides is 2. The molecule has 0 spiro atoms. The summed E-state index contributed by atoms with van der Waals surface area (Å²) in [4.78, 5) is 30.1. The van der Waals surface area contributed by atoms with E-state index in [-0.39, 0.29) is 11.9 Å². The van der Waals surface area contributed by atoms with Gasteiger partial charge in [-0.3, -0.25) is 4.79 Å². The number of carbonyl (C=O) groups excluding carboxylic acids is 2. The molecular formula is C29H27N5O3S. The normalized spacial score (nSPS) is 18.2. The molecular weight excluding hydrogens is 498 g/mol. The molecule has 2 aliphatic rings. The minimum absolute atomic E-state index is 0.0941. The SMILES string of the molecule is Cc1ccc(C(=O)NC2CC2)cc1NC1=NC(c2ccc(C#N)cc2)C(OC(=O)NCc2ccccc2)S1. The van der Waals surface area contributed by atoms with E-state index in [1.54, 1.807) is 12.1 Å². The van der Waals surface area contributed by atoms with E-state index in [1.165, 1.54) is 11.8 Å². The molecule has 38 heavy (non-hydrogen) atoms. The maximum Gasteiger partial charge on any atom is 0.408 e. The summed E-state index contributed by atoms with van der Waals surface area (Å²) in [7, 11) is 0. The Labute approximate surface area is 225 Å². The van der Waals surface area contributed by atoms with E-state index in [1.807, 2.05) is 67.6 Å². The van der Waals surface area contributed by atoms with Gasteiger partial charge in [0.1, 0.15) is 6.04 Å².